The number of hydrogen-bond donors (Lipinski definition) is 5. The van der Waals surface area contributed by atoms with Crippen LogP contribution >= 0.6 is 0 Å². The predicted octanol–water partition coefficient (Wildman–Crippen LogP) is 6.41. The first-order valence-electron chi connectivity index (χ1n) is 19.3. The van der Waals surface area contributed by atoms with E-state index < -0.39 is 30.0 Å². The summed E-state index contributed by atoms with van der Waals surface area (Å²) in [4.78, 5) is 52.9. The molecule has 4 aromatic rings. The lowest BCUT2D eigenvalue weighted by Crippen LogP contribution is -2.54. The van der Waals surface area contributed by atoms with Crippen molar-refractivity contribution in [2.75, 3.05) is 13.1 Å². The van der Waals surface area contributed by atoms with Crippen LogP contribution in [-0.4, -0.2) is 60.0 Å². The first kappa shape index (κ1) is 41.7. The molecule has 0 spiro atoms. The minimum absolute atomic E-state index is 0.115. The van der Waals surface area contributed by atoms with E-state index in [-0.39, 0.29) is 43.0 Å². The molecule has 0 saturated carbocycles. The highest BCUT2D eigenvalue weighted by Crippen LogP contribution is 2.26. The van der Waals surface area contributed by atoms with Crippen LogP contribution < -0.4 is 21.3 Å². The number of carbonyl (C=O) groups excluding carboxylic acids is 4. The number of carbonyl (C=O) groups is 4. The Hall–Kier alpha value is -5.02. The third kappa shape index (κ3) is 12.8. The molecule has 5 N–H and O–H groups in total. The molecule has 0 heterocycles. The molecule has 0 aliphatic carbocycles. The maximum Gasteiger partial charge on any atom is 0.243 e. The molecule has 0 bridgehead atoms. The van der Waals surface area contributed by atoms with E-state index in [0.717, 1.165) is 39.1 Å². The SMILES string of the molecule is CCC(C)CNC(=O)CC(O)C(CC(C)C)NC(=O)C(C/C=C\CNC(C)=O)NC(=O)C(Cc1cccc2ccccc12)Cc1cccc2ccccc12. The molecule has 0 aliphatic heterocycles. The fraction of sp³-hybridized carbons (Fsp3) is 0.422. The molecule has 4 unspecified atom stereocenters. The standard InChI is InChI=1S/C45H58N4O5/c1-6-31(4)29-47-43(52)28-42(51)41(25-30(2)3)49-45(54)40(23-11-12-24-46-32(5)50)48-44(53)37(26-35-19-13-17-33-15-7-9-21-38(33)35)27-36-20-14-18-34-16-8-10-22-39(34)36/h7-22,30-31,37,40-42,51H,6,23-29H2,1-5H3,(H,46,50)(H,47,52)(H,48,53)(H,49,54)/b12-11-. The molecule has 0 saturated heterocycles. The molecule has 4 amide bonds. The average Bonchev–Trinajstić information content (AvgIpc) is 3.15. The Morgan fingerprint density at radius 3 is 1.85 bits per heavy atom. The Kier molecular flexibility index (Phi) is 16.2. The summed E-state index contributed by atoms with van der Waals surface area (Å²) in [6, 6.07) is 26.8. The van der Waals surface area contributed by atoms with Crippen LogP contribution in [0.4, 0.5) is 0 Å². The molecule has 0 radical (unpaired) electrons. The number of fused-ring (bicyclic) bond motifs is 2. The first-order chi connectivity index (χ1) is 25.9. The van der Waals surface area contributed by atoms with Gasteiger partial charge >= 0.3 is 0 Å². The summed E-state index contributed by atoms with van der Waals surface area (Å²) in [5.74, 6) is -1.27. The predicted molar refractivity (Wildman–Crippen MR) is 218 cm³/mol. The Labute approximate surface area is 320 Å². The zero-order chi connectivity index (χ0) is 39.0. The van der Waals surface area contributed by atoms with Gasteiger partial charge in [0.1, 0.15) is 6.04 Å². The minimum Gasteiger partial charge on any atom is -0.390 e. The van der Waals surface area contributed by atoms with E-state index in [4.69, 9.17) is 0 Å². The third-order valence-electron chi connectivity index (χ3n) is 9.96. The molecule has 54 heavy (non-hydrogen) atoms. The average molecular weight is 735 g/mol. The van der Waals surface area contributed by atoms with E-state index >= 15 is 0 Å². The molecule has 0 aromatic heterocycles. The maximum absolute atomic E-state index is 14.5. The van der Waals surface area contributed by atoms with Gasteiger partial charge in [0.2, 0.25) is 23.6 Å². The van der Waals surface area contributed by atoms with Crippen molar-refractivity contribution in [2.24, 2.45) is 17.8 Å². The molecule has 4 rings (SSSR count). The number of benzene rings is 4. The second-order valence-corrected chi connectivity index (χ2v) is 14.9. The highest BCUT2D eigenvalue weighted by Gasteiger charge is 2.30. The van der Waals surface area contributed by atoms with E-state index in [1.807, 2.05) is 57.2 Å². The van der Waals surface area contributed by atoms with Gasteiger partial charge in [-0.2, -0.15) is 0 Å². The van der Waals surface area contributed by atoms with Crippen LogP contribution in [0.1, 0.15) is 71.4 Å². The van der Waals surface area contributed by atoms with Gasteiger partial charge in [-0.25, -0.2) is 0 Å². The number of amides is 4. The van der Waals surface area contributed by atoms with Crippen LogP contribution in [0.5, 0.6) is 0 Å². The Morgan fingerprint density at radius 2 is 1.30 bits per heavy atom. The quantitative estimate of drug-likeness (QED) is 0.0670. The summed E-state index contributed by atoms with van der Waals surface area (Å²) < 4.78 is 0. The second kappa shape index (κ2) is 21.0. The zero-order valence-electron chi connectivity index (χ0n) is 32.4. The summed E-state index contributed by atoms with van der Waals surface area (Å²) in [7, 11) is 0. The number of aliphatic hydroxyl groups excluding tert-OH is 1. The van der Waals surface area contributed by atoms with Gasteiger partial charge in [0.05, 0.1) is 18.6 Å². The fourth-order valence-corrected chi connectivity index (χ4v) is 6.71. The molecule has 288 valence electrons. The Bertz CT molecular complexity index is 1800. The van der Waals surface area contributed by atoms with Crippen molar-refractivity contribution in [3.63, 3.8) is 0 Å². The molecule has 0 fully saturated rings. The van der Waals surface area contributed by atoms with Crippen LogP contribution in [0.2, 0.25) is 0 Å². The van der Waals surface area contributed by atoms with Gasteiger partial charge in [-0.15, -0.1) is 0 Å². The van der Waals surface area contributed by atoms with Crippen molar-refractivity contribution in [3.8, 4) is 0 Å². The topological polar surface area (TPSA) is 137 Å². The molecule has 9 nitrogen and oxygen atoms in total. The molecule has 9 heteroatoms. The number of hydrogen-bond acceptors (Lipinski definition) is 5. The fourth-order valence-electron chi connectivity index (χ4n) is 6.71. The van der Waals surface area contributed by atoms with Crippen LogP contribution in [0.25, 0.3) is 21.5 Å². The van der Waals surface area contributed by atoms with E-state index in [1.165, 1.54) is 6.92 Å². The van der Waals surface area contributed by atoms with Gasteiger partial charge in [-0.05, 0) is 70.2 Å². The lowest BCUT2D eigenvalue weighted by Gasteiger charge is -2.29. The van der Waals surface area contributed by atoms with Crippen molar-refractivity contribution in [1.82, 2.24) is 21.3 Å². The van der Waals surface area contributed by atoms with Crippen molar-refractivity contribution in [1.29, 1.82) is 0 Å². The monoisotopic (exact) mass is 734 g/mol. The number of rotatable bonds is 20. The second-order valence-electron chi connectivity index (χ2n) is 14.9. The lowest BCUT2D eigenvalue weighted by molar-refractivity contribution is -0.132. The van der Waals surface area contributed by atoms with E-state index in [1.54, 1.807) is 12.2 Å². The summed E-state index contributed by atoms with van der Waals surface area (Å²) in [5, 5.41) is 27.2. The lowest BCUT2D eigenvalue weighted by atomic mass is 9.87. The van der Waals surface area contributed by atoms with Gasteiger partial charge < -0.3 is 26.4 Å². The largest absolute Gasteiger partial charge is 0.390 e. The van der Waals surface area contributed by atoms with Crippen LogP contribution in [0.3, 0.4) is 0 Å². The van der Waals surface area contributed by atoms with Crippen molar-refractivity contribution < 1.29 is 24.3 Å². The van der Waals surface area contributed by atoms with E-state index in [2.05, 4.69) is 76.7 Å². The van der Waals surface area contributed by atoms with Crippen LogP contribution in [0.15, 0.2) is 97.1 Å². The van der Waals surface area contributed by atoms with Gasteiger partial charge in [-0.1, -0.05) is 131 Å². The normalized spacial score (nSPS) is 13.9. The Balaban J connectivity index is 1.62. The van der Waals surface area contributed by atoms with Crippen molar-refractivity contribution in [3.05, 3.63) is 108 Å². The first-order valence-corrected chi connectivity index (χ1v) is 19.3. The highest BCUT2D eigenvalue weighted by atomic mass is 16.3. The smallest absolute Gasteiger partial charge is 0.243 e. The maximum atomic E-state index is 14.5. The van der Waals surface area contributed by atoms with Crippen molar-refractivity contribution >= 4 is 45.2 Å². The molecule has 0 aliphatic rings. The van der Waals surface area contributed by atoms with E-state index in [9.17, 15) is 24.3 Å². The van der Waals surface area contributed by atoms with Gasteiger partial charge in [0, 0.05) is 25.9 Å². The molecular weight excluding hydrogens is 677 g/mol. The summed E-state index contributed by atoms with van der Waals surface area (Å²) >= 11 is 0. The molecule has 4 aromatic carbocycles. The summed E-state index contributed by atoms with van der Waals surface area (Å²) in [6.07, 6.45) is 4.66. The van der Waals surface area contributed by atoms with Gasteiger partial charge in [0.15, 0.2) is 0 Å². The number of aliphatic hydroxyl groups is 1. The van der Waals surface area contributed by atoms with Crippen LogP contribution in [-0.2, 0) is 32.0 Å². The zero-order valence-corrected chi connectivity index (χ0v) is 32.4. The number of nitrogens with one attached hydrogen (secondary N) is 4. The van der Waals surface area contributed by atoms with Crippen LogP contribution in [0, 0.1) is 17.8 Å². The van der Waals surface area contributed by atoms with Gasteiger partial charge in [-0.3, -0.25) is 19.2 Å². The Morgan fingerprint density at radius 1 is 0.722 bits per heavy atom. The van der Waals surface area contributed by atoms with Gasteiger partial charge in [0.25, 0.3) is 0 Å². The minimum atomic E-state index is -1.12. The molecule has 4 atom stereocenters. The molecular formula is C45H58N4O5. The van der Waals surface area contributed by atoms with E-state index in [0.29, 0.717) is 31.7 Å². The summed E-state index contributed by atoms with van der Waals surface area (Å²) in [6.45, 7) is 10.3. The summed E-state index contributed by atoms with van der Waals surface area (Å²) in [5.41, 5.74) is 2.08. The van der Waals surface area contributed by atoms with Crippen molar-refractivity contribution in [2.45, 2.75) is 91.3 Å². The third-order valence-corrected chi connectivity index (χ3v) is 9.96. The highest BCUT2D eigenvalue weighted by molar-refractivity contribution is 5.91.